The van der Waals surface area contributed by atoms with Crippen LogP contribution in [-0.2, 0) is 6.61 Å². The number of hydrogen-bond acceptors (Lipinski definition) is 4. The molecule has 1 aromatic carbocycles. The fourth-order valence-electron chi connectivity index (χ4n) is 1.34. The summed E-state index contributed by atoms with van der Waals surface area (Å²) in [6.45, 7) is 2.93. The number of aromatic nitrogens is 1. The lowest BCUT2D eigenvalue weighted by atomic mass is 10.3. The lowest BCUT2D eigenvalue weighted by Gasteiger charge is -2.05. The number of hydrogen-bond donors (Lipinski definition) is 1. The van der Waals surface area contributed by atoms with Gasteiger partial charge in [-0.1, -0.05) is 11.3 Å². The molecule has 0 fully saturated rings. The van der Waals surface area contributed by atoms with Crippen LogP contribution in [-0.4, -0.2) is 11.5 Å². The van der Waals surface area contributed by atoms with Crippen LogP contribution in [0.5, 0.6) is 5.75 Å². The molecule has 18 heavy (non-hydrogen) atoms. The lowest BCUT2D eigenvalue weighted by Crippen LogP contribution is -1.96. The Balaban J connectivity index is 1.99. The fraction of sp³-hybridized carbons (Fsp3) is 0.250. The third-order valence-corrected chi connectivity index (χ3v) is 3.07. The molecule has 2 rings (SSSR count). The van der Waals surface area contributed by atoms with Crippen LogP contribution in [0, 0.1) is 11.6 Å². The van der Waals surface area contributed by atoms with Crippen LogP contribution < -0.4 is 10.1 Å². The van der Waals surface area contributed by atoms with Gasteiger partial charge in [0.15, 0.2) is 16.7 Å². The third kappa shape index (κ3) is 3.16. The van der Waals surface area contributed by atoms with E-state index in [9.17, 15) is 8.78 Å². The smallest absolute Gasteiger partial charge is 0.182 e. The van der Waals surface area contributed by atoms with E-state index in [2.05, 4.69) is 10.3 Å². The molecule has 1 aromatic heterocycles. The molecule has 96 valence electrons. The van der Waals surface area contributed by atoms with Crippen molar-refractivity contribution in [2.75, 3.05) is 11.9 Å². The number of nitrogens with one attached hydrogen (secondary N) is 1. The van der Waals surface area contributed by atoms with E-state index in [1.54, 1.807) is 6.20 Å². The Kier molecular flexibility index (Phi) is 4.09. The number of rotatable bonds is 5. The highest BCUT2D eigenvalue weighted by Gasteiger charge is 2.07. The van der Waals surface area contributed by atoms with Crippen molar-refractivity contribution in [1.29, 1.82) is 0 Å². The molecule has 0 bridgehead atoms. The molecule has 0 aliphatic rings. The topological polar surface area (TPSA) is 34.2 Å². The Morgan fingerprint density at radius 2 is 2.22 bits per heavy atom. The largest absolute Gasteiger partial charge is 0.485 e. The van der Waals surface area contributed by atoms with Crippen molar-refractivity contribution >= 4 is 16.5 Å². The summed E-state index contributed by atoms with van der Waals surface area (Å²) in [6.07, 6.45) is 1.65. The Morgan fingerprint density at radius 3 is 3.00 bits per heavy atom. The first-order chi connectivity index (χ1) is 8.69. The predicted molar refractivity (Wildman–Crippen MR) is 67.0 cm³/mol. The number of thiazole rings is 1. The summed E-state index contributed by atoms with van der Waals surface area (Å²) in [4.78, 5) is 4.96. The molecule has 0 radical (unpaired) electrons. The molecule has 1 heterocycles. The average Bonchev–Trinajstić information content (AvgIpc) is 2.79. The predicted octanol–water partition coefficient (Wildman–Crippen LogP) is 3.43. The SMILES string of the molecule is CCNc1ncc(COc2cc(F)ccc2F)s1. The van der Waals surface area contributed by atoms with Crippen LogP contribution in [0.3, 0.4) is 0 Å². The van der Waals surface area contributed by atoms with Crippen LogP contribution in [0.2, 0.25) is 0 Å². The van der Waals surface area contributed by atoms with E-state index in [1.807, 2.05) is 6.92 Å². The third-order valence-electron chi connectivity index (χ3n) is 2.14. The normalized spacial score (nSPS) is 10.4. The first-order valence-corrected chi connectivity index (χ1v) is 6.27. The van der Waals surface area contributed by atoms with Gasteiger partial charge in [-0.3, -0.25) is 0 Å². The summed E-state index contributed by atoms with van der Waals surface area (Å²) >= 11 is 1.42. The standard InChI is InChI=1S/C12H12F2N2OS/c1-2-15-12-16-6-9(18-12)7-17-11-5-8(13)3-4-10(11)14/h3-6H,2,7H2,1H3,(H,15,16). The monoisotopic (exact) mass is 270 g/mol. The fourth-order valence-corrected chi connectivity index (χ4v) is 2.14. The molecule has 0 saturated carbocycles. The molecule has 0 atom stereocenters. The minimum atomic E-state index is -0.576. The molecule has 1 N–H and O–H groups in total. The molecule has 0 spiro atoms. The molecule has 2 aromatic rings. The summed E-state index contributed by atoms with van der Waals surface area (Å²) in [6, 6.07) is 3.13. The molecular weight excluding hydrogens is 258 g/mol. The number of nitrogens with zero attached hydrogens (tertiary/aromatic N) is 1. The summed E-state index contributed by atoms with van der Waals surface area (Å²) in [5, 5.41) is 3.85. The molecule has 0 aliphatic carbocycles. The van der Waals surface area contributed by atoms with E-state index >= 15 is 0 Å². The van der Waals surface area contributed by atoms with Crippen molar-refractivity contribution in [3.8, 4) is 5.75 Å². The van der Waals surface area contributed by atoms with E-state index < -0.39 is 11.6 Å². The summed E-state index contributed by atoms with van der Waals surface area (Å²) in [5.41, 5.74) is 0. The van der Waals surface area contributed by atoms with E-state index in [0.717, 1.165) is 34.8 Å². The highest BCUT2D eigenvalue weighted by molar-refractivity contribution is 7.15. The molecule has 0 saturated heterocycles. The summed E-state index contributed by atoms with van der Waals surface area (Å²) in [5.74, 6) is -1.19. The molecule has 0 unspecified atom stereocenters. The van der Waals surface area contributed by atoms with Gasteiger partial charge in [-0.25, -0.2) is 13.8 Å². The van der Waals surface area contributed by atoms with Crippen molar-refractivity contribution in [3.63, 3.8) is 0 Å². The second-order valence-corrected chi connectivity index (χ2v) is 4.64. The minimum Gasteiger partial charge on any atom is -0.485 e. The number of halogens is 2. The van der Waals surface area contributed by atoms with Crippen LogP contribution in [0.4, 0.5) is 13.9 Å². The Bertz CT molecular complexity index is 531. The molecular formula is C12H12F2N2OS. The zero-order chi connectivity index (χ0) is 13.0. The van der Waals surface area contributed by atoms with Gasteiger partial charge < -0.3 is 10.1 Å². The quantitative estimate of drug-likeness (QED) is 0.903. The first-order valence-electron chi connectivity index (χ1n) is 5.45. The van der Waals surface area contributed by atoms with Gasteiger partial charge in [0.2, 0.25) is 0 Å². The Hall–Kier alpha value is -1.69. The van der Waals surface area contributed by atoms with Gasteiger partial charge in [0.05, 0.1) is 4.88 Å². The van der Waals surface area contributed by atoms with Crippen LogP contribution >= 0.6 is 11.3 Å². The highest BCUT2D eigenvalue weighted by Crippen LogP contribution is 2.22. The van der Waals surface area contributed by atoms with Crippen LogP contribution in [0.25, 0.3) is 0 Å². The zero-order valence-electron chi connectivity index (χ0n) is 9.74. The van der Waals surface area contributed by atoms with E-state index in [0.29, 0.717) is 0 Å². The van der Waals surface area contributed by atoms with E-state index in [-0.39, 0.29) is 12.4 Å². The van der Waals surface area contributed by atoms with Gasteiger partial charge in [0, 0.05) is 18.8 Å². The van der Waals surface area contributed by atoms with Gasteiger partial charge in [0.1, 0.15) is 12.4 Å². The molecule has 3 nitrogen and oxygen atoms in total. The van der Waals surface area contributed by atoms with Crippen molar-refractivity contribution in [2.45, 2.75) is 13.5 Å². The Labute approximate surface area is 107 Å². The van der Waals surface area contributed by atoms with Crippen molar-refractivity contribution in [1.82, 2.24) is 4.98 Å². The maximum Gasteiger partial charge on any atom is 0.182 e. The zero-order valence-corrected chi connectivity index (χ0v) is 10.6. The number of benzene rings is 1. The first kappa shape index (κ1) is 12.8. The van der Waals surface area contributed by atoms with Gasteiger partial charge in [-0.2, -0.15) is 0 Å². The Morgan fingerprint density at radius 1 is 1.39 bits per heavy atom. The van der Waals surface area contributed by atoms with Crippen LogP contribution in [0.15, 0.2) is 24.4 Å². The second kappa shape index (κ2) is 5.77. The van der Waals surface area contributed by atoms with Crippen molar-refractivity contribution in [3.05, 3.63) is 40.9 Å². The molecule has 0 aliphatic heterocycles. The average molecular weight is 270 g/mol. The van der Waals surface area contributed by atoms with E-state index in [1.165, 1.54) is 11.3 Å². The maximum absolute atomic E-state index is 13.3. The second-order valence-electron chi connectivity index (χ2n) is 3.53. The van der Waals surface area contributed by atoms with Gasteiger partial charge in [-0.05, 0) is 19.1 Å². The van der Waals surface area contributed by atoms with Gasteiger partial charge in [0.25, 0.3) is 0 Å². The van der Waals surface area contributed by atoms with Crippen molar-refractivity contribution < 1.29 is 13.5 Å². The summed E-state index contributed by atoms with van der Waals surface area (Å²) in [7, 11) is 0. The lowest BCUT2D eigenvalue weighted by molar-refractivity contribution is 0.291. The molecule has 0 amide bonds. The molecule has 6 heteroatoms. The number of anilines is 1. The summed E-state index contributed by atoms with van der Waals surface area (Å²) < 4.78 is 31.4. The minimum absolute atomic E-state index is 0.0894. The van der Waals surface area contributed by atoms with Gasteiger partial charge >= 0.3 is 0 Å². The van der Waals surface area contributed by atoms with E-state index in [4.69, 9.17) is 4.74 Å². The van der Waals surface area contributed by atoms with Gasteiger partial charge in [-0.15, -0.1) is 0 Å². The maximum atomic E-state index is 13.3. The highest BCUT2D eigenvalue weighted by atomic mass is 32.1. The number of ether oxygens (including phenoxy) is 1. The van der Waals surface area contributed by atoms with Crippen molar-refractivity contribution in [2.24, 2.45) is 0 Å². The van der Waals surface area contributed by atoms with Crippen LogP contribution in [0.1, 0.15) is 11.8 Å².